The number of carbonyl (C=O) groups is 1. The summed E-state index contributed by atoms with van der Waals surface area (Å²) in [4.78, 5) is 23.6. The molecule has 0 aliphatic carbocycles. The summed E-state index contributed by atoms with van der Waals surface area (Å²) in [6.07, 6.45) is -4.88. The number of benzene rings is 1. The van der Waals surface area contributed by atoms with Crippen LogP contribution in [0.1, 0.15) is 23.0 Å². The Labute approximate surface area is 122 Å². The molecule has 0 fully saturated rings. The molecule has 0 radical (unpaired) electrons. The Bertz CT molecular complexity index is 739. The highest BCUT2D eigenvalue weighted by atomic mass is 19.4. The molecule has 0 saturated heterocycles. The van der Waals surface area contributed by atoms with Gasteiger partial charge < -0.3 is 4.74 Å². The summed E-state index contributed by atoms with van der Waals surface area (Å²) in [6, 6.07) is 8.15. The molecule has 0 spiro atoms. The Morgan fingerprint density at radius 3 is 2.45 bits per heavy atom. The first-order valence-corrected chi connectivity index (χ1v) is 6.28. The van der Waals surface area contributed by atoms with E-state index in [1.807, 2.05) is 0 Å². The van der Waals surface area contributed by atoms with Crippen LogP contribution < -0.4 is 5.56 Å². The van der Waals surface area contributed by atoms with Crippen LogP contribution in [0.15, 0.2) is 41.2 Å². The zero-order valence-electron chi connectivity index (χ0n) is 11.4. The largest absolute Gasteiger partial charge is 0.461 e. The number of carbonyl (C=O) groups excluding carboxylic acids is 1. The number of ether oxygens (including phenoxy) is 1. The lowest BCUT2D eigenvalue weighted by molar-refractivity contribution is -0.138. The summed E-state index contributed by atoms with van der Waals surface area (Å²) in [5, 5.41) is 3.54. The fourth-order valence-electron chi connectivity index (χ4n) is 1.78. The summed E-state index contributed by atoms with van der Waals surface area (Å²) in [6.45, 7) is 1.35. The van der Waals surface area contributed by atoms with Gasteiger partial charge in [-0.05, 0) is 19.1 Å². The molecule has 22 heavy (non-hydrogen) atoms. The summed E-state index contributed by atoms with van der Waals surface area (Å²) in [5.74, 6) is -1.24. The molecule has 0 unspecified atom stereocenters. The SMILES string of the molecule is CCOC(=O)c1nn(-c2ccccc2)c(=O)cc1C(F)(F)F. The van der Waals surface area contributed by atoms with Gasteiger partial charge in [-0.15, -0.1) is 0 Å². The Morgan fingerprint density at radius 1 is 1.27 bits per heavy atom. The van der Waals surface area contributed by atoms with Crippen LogP contribution in [-0.4, -0.2) is 22.4 Å². The third-order valence-corrected chi connectivity index (χ3v) is 2.71. The van der Waals surface area contributed by atoms with Crippen molar-refractivity contribution in [2.75, 3.05) is 6.61 Å². The molecule has 116 valence electrons. The maximum atomic E-state index is 13.0. The van der Waals surface area contributed by atoms with E-state index in [0.717, 1.165) is 4.68 Å². The van der Waals surface area contributed by atoms with Crippen LogP contribution in [0.25, 0.3) is 5.69 Å². The van der Waals surface area contributed by atoms with E-state index < -0.39 is 29.0 Å². The number of halogens is 3. The van der Waals surface area contributed by atoms with E-state index in [2.05, 4.69) is 9.84 Å². The lowest BCUT2D eigenvalue weighted by Crippen LogP contribution is -2.28. The van der Waals surface area contributed by atoms with E-state index in [1.54, 1.807) is 18.2 Å². The van der Waals surface area contributed by atoms with E-state index in [-0.39, 0.29) is 12.3 Å². The van der Waals surface area contributed by atoms with Gasteiger partial charge in [0, 0.05) is 6.07 Å². The zero-order valence-corrected chi connectivity index (χ0v) is 11.4. The number of alkyl halides is 3. The average Bonchev–Trinajstić information content (AvgIpc) is 2.47. The molecule has 1 aromatic heterocycles. The van der Waals surface area contributed by atoms with Gasteiger partial charge in [-0.2, -0.15) is 23.0 Å². The van der Waals surface area contributed by atoms with Gasteiger partial charge in [0.1, 0.15) is 0 Å². The van der Waals surface area contributed by atoms with Crippen LogP contribution in [0, 0.1) is 0 Å². The van der Waals surface area contributed by atoms with Gasteiger partial charge in [-0.25, -0.2) is 4.79 Å². The van der Waals surface area contributed by atoms with E-state index in [4.69, 9.17) is 0 Å². The molecule has 0 amide bonds. The molecular weight excluding hydrogens is 301 g/mol. The van der Waals surface area contributed by atoms with Crippen molar-refractivity contribution in [1.29, 1.82) is 0 Å². The van der Waals surface area contributed by atoms with E-state index in [1.165, 1.54) is 19.1 Å². The van der Waals surface area contributed by atoms with Crippen molar-refractivity contribution in [2.45, 2.75) is 13.1 Å². The van der Waals surface area contributed by atoms with Gasteiger partial charge in [0.2, 0.25) is 0 Å². The number of hydrogen-bond acceptors (Lipinski definition) is 4. The highest BCUT2D eigenvalue weighted by molar-refractivity contribution is 5.88. The van der Waals surface area contributed by atoms with Crippen LogP contribution in [0.4, 0.5) is 13.2 Å². The summed E-state index contributed by atoms with van der Waals surface area (Å²) in [7, 11) is 0. The Morgan fingerprint density at radius 2 is 1.91 bits per heavy atom. The fourth-order valence-corrected chi connectivity index (χ4v) is 1.78. The molecule has 1 aromatic carbocycles. The molecule has 0 N–H and O–H groups in total. The van der Waals surface area contributed by atoms with Crippen molar-refractivity contribution in [2.24, 2.45) is 0 Å². The van der Waals surface area contributed by atoms with Gasteiger partial charge in [0.25, 0.3) is 5.56 Å². The summed E-state index contributed by atoms with van der Waals surface area (Å²) < 4.78 is 44.2. The lowest BCUT2D eigenvalue weighted by Gasteiger charge is -2.13. The second-order valence-corrected chi connectivity index (χ2v) is 4.21. The van der Waals surface area contributed by atoms with Crippen LogP contribution in [-0.2, 0) is 10.9 Å². The highest BCUT2D eigenvalue weighted by Crippen LogP contribution is 2.30. The maximum absolute atomic E-state index is 13.0. The first-order chi connectivity index (χ1) is 10.3. The molecule has 2 aromatic rings. The van der Waals surface area contributed by atoms with Crippen molar-refractivity contribution < 1.29 is 22.7 Å². The first kappa shape index (κ1) is 15.7. The van der Waals surface area contributed by atoms with Crippen molar-refractivity contribution in [3.63, 3.8) is 0 Å². The molecule has 2 rings (SSSR count). The third-order valence-electron chi connectivity index (χ3n) is 2.71. The minimum Gasteiger partial charge on any atom is -0.461 e. The Hall–Kier alpha value is -2.64. The molecule has 0 bridgehead atoms. The normalized spacial score (nSPS) is 11.3. The minimum atomic E-state index is -4.88. The Kier molecular flexibility index (Phi) is 4.30. The molecular formula is C14H11F3N2O3. The van der Waals surface area contributed by atoms with Crippen LogP contribution in [0.2, 0.25) is 0 Å². The van der Waals surface area contributed by atoms with E-state index in [0.29, 0.717) is 6.07 Å². The van der Waals surface area contributed by atoms with Gasteiger partial charge in [0.05, 0.1) is 17.9 Å². The average molecular weight is 312 g/mol. The monoisotopic (exact) mass is 312 g/mol. The van der Waals surface area contributed by atoms with Gasteiger partial charge in [-0.3, -0.25) is 4.79 Å². The van der Waals surface area contributed by atoms with Gasteiger partial charge in [0.15, 0.2) is 5.69 Å². The summed E-state index contributed by atoms with van der Waals surface area (Å²) >= 11 is 0. The van der Waals surface area contributed by atoms with Crippen LogP contribution >= 0.6 is 0 Å². The number of rotatable bonds is 3. The molecule has 0 aliphatic rings. The third kappa shape index (κ3) is 3.16. The van der Waals surface area contributed by atoms with Crippen molar-refractivity contribution >= 4 is 5.97 Å². The van der Waals surface area contributed by atoms with Gasteiger partial charge >= 0.3 is 12.1 Å². The highest BCUT2D eigenvalue weighted by Gasteiger charge is 2.38. The van der Waals surface area contributed by atoms with Crippen molar-refractivity contribution in [1.82, 2.24) is 9.78 Å². The quantitative estimate of drug-likeness (QED) is 0.817. The van der Waals surface area contributed by atoms with Gasteiger partial charge in [-0.1, -0.05) is 18.2 Å². The first-order valence-electron chi connectivity index (χ1n) is 6.28. The maximum Gasteiger partial charge on any atom is 0.419 e. The van der Waals surface area contributed by atoms with E-state index in [9.17, 15) is 22.8 Å². The van der Waals surface area contributed by atoms with Crippen LogP contribution in [0.3, 0.4) is 0 Å². The second kappa shape index (κ2) is 6.00. The van der Waals surface area contributed by atoms with Crippen molar-refractivity contribution in [3.8, 4) is 5.69 Å². The fraction of sp³-hybridized carbons (Fsp3) is 0.214. The molecule has 0 atom stereocenters. The molecule has 1 heterocycles. The predicted molar refractivity (Wildman–Crippen MR) is 70.8 cm³/mol. The smallest absolute Gasteiger partial charge is 0.419 e. The minimum absolute atomic E-state index is 0.109. The number of aromatic nitrogens is 2. The second-order valence-electron chi connectivity index (χ2n) is 4.21. The Balaban J connectivity index is 2.68. The number of nitrogens with zero attached hydrogens (tertiary/aromatic N) is 2. The van der Waals surface area contributed by atoms with Crippen LogP contribution in [0.5, 0.6) is 0 Å². The standard InChI is InChI=1S/C14H11F3N2O3/c1-2-22-13(21)12-10(14(15,16)17)8-11(20)19(18-12)9-6-4-3-5-7-9/h3-8H,2H2,1H3. The van der Waals surface area contributed by atoms with E-state index >= 15 is 0 Å². The lowest BCUT2D eigenvalue weighted by atomic mass is 10.2. The molecule has 0 aliphatic heterocycles. The number of esters is 1. The zero-order chi connectivity index (χ0) is 16.3. The number of hydrogen-bond donors (Lipinski definition) is 0. The summed E-state index contributed by atoms with van der Waals surface area (Å²) in [5.41, 5.74) is -3.11. The predicted octanol–water partition coefficient (Wildman–Crippen LogP) is 2.43. The number of para-hydroxylation sites is 1. The van der Waals surface area contributed by atoms with Crippen molar-refractivity contribution in [3.05, 3.63) is 58.0 Å². The molecule has 5 nitrogen and oxygen atoms in total. The topological polar surface area (TPSA) is 61.2 Å². The molecule has 8 heteroatoms. The molecule has 0 saturated carbocycles.